The molecule has 96 valence electrons. The summed E-state index contributed by atoms with van der Waals surface area (Å²) in [5.41, 5.74) is 7.63. The molecule has 0 aliphatic rings. The average Bonchev–Trinajstić information content (AvgIpc) is 2.77. The van der Waals surface area contributed by atoms with E-state index in [9.17, 15) is 4.79 Å². The minimum atomic E-state index is -0.385. The molecule has 0 radical (unpaired) electrons. The molecule has 1 aromatic heterocycles. The van der Waals surface area contributed by atoms with Gasteiger partial charge in [-0.05, 0) is 31.2 Å². The van der Waals surface area contributed by atoms with Gasteiger partial charge in [-0.25, -0.2) is 4.79 Å². The summed E-state index contributed by atoms with van der Waals surface area (Å²) in [5.74, 6) is -0.385. The van der Waals surface area contributed by atoms with Gasteiger partial charge in [-0.15, -0.1) is 0 Å². The minimum absolute atomic E-state index is 0.254. The van der Waals surface area contributed by atoms with Crippen LogP contribution in [0.3, 0.4) is 0 Å². The number of hydrogen-bond donors (Lipinski definition) is 2. The number of nitrogen functional groups attached to an aromatic ring is 1. The first-order valence-electron chi connectivity index (χ1n) is 5.84. The first-order chi connectivity index (χ1) is 8.70. The molecule has 0 aliphatic heterocycles. The molecule has 2 aromatic rings. The van der Waals surface area contributed by atoms with Gasteiger partial charge in [-0.1, -0.05) is 0 Å². The molecule has 18 heavy (non-hydrogen) atoms. The van der Waals surface area contributed by atoms with Crippen molar-refractivity contribution in [1.82, 2.24) is 4.98 Å². The predicted molar refractivity (Wildman–Crippen MR) is 69.5 cm³/mol. The third-order valence-electron chi connectivity index (χ3n) is 2.53. The van der Waals surface area contributed by atoms with Crippen molar-refractivity contribution >= 4 is 22.6 Å². The summed E-state index contributed by atoms with van der Waals surface area (Å²) >= 11 is 0. The molecule has 0 atom stereocenters. The standard InChI is InChI=1S/C13H16N2O3/c1-2-17-5-6-18-13(16)12-8-9-7-10(14)3-4-11(9)15-12/h3-4,7-8,15H,2,5-6,14H2,1H3. The van der Waals surface area contributed by atoms with Gasteiger partial charge in [0.15, 0.2) is 0 Å². The topological polar surface area (TPSA) is 77.3 Å². The lowest BCUT2D eigenvalue weighted by Crippen LogP contribution is -2.10. The number of ether oxygens (including phenoxy) is 2. The Balaban J connectivity index is 2.04. The summed E-state index contributed by atoms with van der Waals surface area (Å²) in [7, 11) is 0. The van der Waals surface area contributed by atoms with Gasteiger partial charge in [-0.3, -0.25) is 0 Å². The third kappa shape index (κ3) is 2.81. The predicted octanol–water partition coefficient (Wildman–Crippen LogP) is 1.94. The number of aromatic amines is 1. The number of aromatic nitrogens is 1. The van der Waals surface area contributed by atoms with Crippen LogP contribution in [0.4, 0.5) is 5.69 Å². The molecule has 0 saturated carbocycles. The molecule has 0 bridgehead atoms. The number of fused-ring (bicyclic) bond motifs is 1. The van der Waals surface area contributed by atoms with E-state index in [0.717, 1.165) is 10.9 Å². The lowest BCUT2D eigenvalue weighted by Gasteiger charge is -2.02. The summed E-state index contributed by atoms with van der Waals surface area (Å²) in [5, 5.41) is 0.895. The number of carbonyl (C=O) groups is 1. The molecular formula is C13H16N2O3. The van der Waals surface area contributed by atoms with Gasteiger partial charge in [0, 0.05) is 23.2 Å². The number of nitrogens with two attached hydrogens (primary N) is 1. The van der Waals surface area contributed by atoms with Gasteiger partial charge in [0.25, 0.3) is 0 Å². The van der Waals surface area contributed by atoms with E-state index in [2.05, 4.69) is 4.98 Å². The van der Waals surface area contributed by atoms with Crippen LogP contribution in [0.5, 0.6) is 0 Å². The van der Waals surface area contributed by atoms with Crippen molar-refractivity contribution in [2.75, 3.05) is 25.6 Å². The number of anilines is 1. The summed E-state index contributed by atoms with van der Waals surface area (Å²) in [4.78, 5) is 14.7. The highest BCUT2D eigenvalue weighted by atomic mass is 16.6. The van der Waals surface area contributed by atoms with E-state index >= 15 is 0 Å². The van der Waals surface area contributed by atoms with Crippen molar-refractivity contribution in [2.45, 2.75) is 6.92 Å². The Morgan fingerprint density at radius 2 is 2.17 bits per heavy atom. The molecule has 1 heterocycles. The highest BCUT2D eigenvalue weighted by molar-refractivity contribution is 5.95. The van der Waals surface area contributed by atoms with E-state index in [0.29, 0.717) is 24.6 Å². The van der Waals surface area contributed by atoms with Crippen LogP contribution in [0.25, 0.3) is 10.9 Å². The second kappa shape index (κ2) is 5.55. The molecule has 0 aliphatic carbocycles. The van der Waals surface area contributed by atoms with Crippen LogP contribution in [0.15, 0.2) is 24.3 Å². The normalized spacial score (nSPS) is 10.7. The Labute approximate surface area is 105 Å². The van der Waals surface area contributed by atoms with E-state index in [1.807, 2.05) is 19.1 Å². The maximum Gasteiger partial charge on any atom is 0.354 e. The van der Waals surface area contributed by atoms with Gasteiger partial charge in [-0.2, -0.15) is 0 Å². The molecule has 0 saturated heterocycles. The third-order valence-corrected chi connectivity index (χ3v) is 2.53. The van der Waals surface area contributed by atoms with Crippen molar-refractivity contribution in [2.24, 2.45) is 0 Å². The van der Waals surface area contributed by atoms with E-state index in [-0.39, 0.29) is 12.6 Å². The van der Waals surface area contributed by atoms with E-state index < -0.39 is 0 Å². The molecule has 5 heteroatoms. The molecule has 0 amide bonds. The average molecular weight is 248 g/mol. The number of nitrogens with one attached hydrogen (secondary N) is 1. The zero-order chi connectivity index (χ0) is 13.0. The molecular weight excluding hydrogens is 232 g/mol. The number of carbonyl (C=O) groups excluding carboxylic acids is 1. The fraction of sp³-hybridized carbons (Fsp3) is 0.308. The summed E-state index contributed by atoms with van der Waals surface area (Å²) < 4.78 is 10.2. The minimum Gasteiger partial charge on any atom is -0.459 e. The van der Waals surface area contributed by atoms with E-state index in [4.69, 9.17) is 15.2 Å². The maximum absolute atomic E-state index is 11.7. The zero-order valence-electron chi connectivity index (χ0n) is 10.2. The molecule has 0 fully saturated rings. The Morgan fingerprint density at radius 3 is 2.94 bits per heavy atom. The first kappa shape index (κ1) is 12.4. The highest BCUT2D eigenvalue weighted by Gasteiger charge is 2.10. The molecule has 2 rings (SSSR count). The molecule has 0 spiro atoms. The Bertz CT molecular complexity index is 548. The van der Waals surface area contributed by atoms with Crippen LogP contribution in [0.2, 0.25) is 0 Å². The maximum atomic E-state index is 11.7. The largest absolute Gasteiger partial charge is 0.459 e. The number of H-pyrrole nitrogens is 1. The van der Waals surface area contributed by atoms with Gasteiger partial charge in [0.05, 0.1) is 6.61 Å². The Morgan fingerprint density at radius 1 is 1.33 bits per heavy atom. The fourth-order valence-corrected chi connectivity index (χ4v) is 1.68. The Hall–Kier alpha value is -2.01. The van der Waals surface area contributed by atoms with Crippen LogP contribution in [0.1, 0.15) is 17.4 Å². The summed E-state index contributed by atoms with van der Waals surface area (Å²) in [6, 6.07) is 7.15. The van der Waals surface area contributed by atoms with Gasteiger partial charge in [0.2, 0.25) is 0 Å². The number of hydrogen-bond acceptors (Lipinski definition) is 4. The van der Waals surface area contributed by atoms with Gasteiger partial charge >= 0.3 is 5.97 Å². The van der Waals surface area contributed by atoms with Gasteiger partial charge < -0.3 is 20.2 Å². The van der Waals surface area contributed by atoms with Crippen LogP contribution in [-0.4, -0.2) is 30.8 Å². The van der Waals surface area contributed by atoms with E-state index in [1.54, 1.807) is 12.1 Å². The summed E-state index contributed by atoms with van der Waals surface area (Å²) in [6.45, 7) is 3.17. The SMILES string of the molecule is CCOCCOC(=O)c1cc2cc(N)ccc2[nH]1. The summed E-state index contributed by atoms with van der Waals surface area (Å²) in [6.07, 6.45) is 0. The lowest BCUT2D eigenvalue weighted by atomic mass is 10.2. The monoisotopic (exact) mass is 248 g/mol. The molecule has 0 unspecified atom stereocenters. The molecule has 5 nitrogen and oxygen atoms in total. The number of benzene rings is 1. The second-order valence-electron chi connectivity index (χ2n) is 3.86. The van der Waals surface area contributed by atoms with Gasteiger partial charge in [0.1, 0.15) is 12.3 Å². The first-order valence-corrected chi connectivity index (χ1v) is 5.84. The second-order valence-corrected chi connectivity index (χ2v) is 3.86. The van der Waals surface area contributed by atoms with Crippen LogP contribution >= 0.6 is 0 Å². The van der Waals surface area contributed by atoms with Crippen LogP contribution in [0, 0.1) is 0 Å². The van der Waals surface area contributed by atoms with Crippen molar-refractivity contribution in [3.63, 3.8) is 0 Å². The fourth-order valence-electron chi connectivity index (χ4n) is 1.68. The van der Waals surface area contributed by atoms with Crippen molar-refractivity contribution in [1.29, 1.82) is 0 Å². The highest BCUT2D eigenvalue weighted by Crippen LogP contribution is 2.18. The van der Waals surface area contributed by atoms with Crippen molar-refractivity contribution in [3.05, 3.63) is 30.0 Å². The smallest absolute Gasteiger partial charge is 0.354 e. The van der Waals surface area contributed by atoms with Crippen molar-refractivity contribution < 1.29 is 14.3 Å². The molecule has 3 N–H and O–H groups in total. The Kier molecular flexibility index (Phi) is 3.84. The number of esters is 1. The van der Waals surface area contributed by atoms with E-state index in [1.165, 1.54) is 0 Å². The van der Waals surface area contributed by atoms with Crippen molar-refractivity contribution in [3.8, 4) is 0 Å². The quantitative estimate of drug-likeness (QED) is 0.481. The molecule has 1 aromatic carbocycles. The zero-order valence-corrected chi connectivity index (χ0v) is 10.2. The lowest BCUT2D eigenvalue weighted by molar-refractivity contribution is 0.0330. The van der Waals surface area contributed by atoms with Crippen LogP contribution in [-0.2, 0) is 9.47 Å². The van der Waals surface area contributed by atoms with Crippen LogP contribution < -0.4 is 5.73 Å². The number of rotatable bonds is 5.